The zero-order valence-electron chi connectivity index (χ0n) is 26.7. The van der Waals surface area contributed by atoms with Crippen LogP contribution in [-0.2, 0) is 20.7 Å². The Balaban J connectivity index is 1.09. The normalized spacial score (nSPS) is 25.9. The van der Waals surface area contributed by atoms with Gasteiger partial charge in [-0.05, 0) is 82.8 Å². The molecule has 0 radical (unpaired) electrons. The minimum atomic E-state index is -0.662. The van der Waals surface area contributed by atoms with E-state index in [0.29, 0.717) is 29.9 Å². The zero-order chi connectivity index (χ0) is 31.4. The largest absolute Gasteiger partial charge is 0.497 e. The Morgan fingerprint density at radius 3 is 2.64 bits per heavy atom. The van der Waals surface area contributed by atoms with E-state index in [4.69, 9.17) is 9.47 Å². The Morgan fingerprint density at radius 2 is 1.91 bits per heavy atom. The van der Waals surface area contributed by atoms with Gasteiger partial charge in [-0.3, -0.25) is 14.4 Å². The highest BCUT2D eigenvalue weighted by atomic mass is 16.6. The summed E-state index contributed by atoms with van der Waals surface area (Å²) in [5, 5.41) is 2.96. The predicted molar refractivity (Wildman–Crippen MR) is 168 cm³/mol. The van der Waals surface area contributed by atoms with Crippen molar-refractivity contribution in [2.45, 2.75) is 116 Å². The number of likely N-dealkylation sites (tertiary alicyclic amines) is 1. The Labute approximate surface area is 259 Å². The molecule has 5 rings (SSSR count). The molecule has 2 heterocycles. The van der Waals surface area contributed by atoms with Gasteiger partial charge in [0.25, 0.3) is 5.56 Å². The Kier molecular flexibility index (Phi) is 9.95. The van der Waals surface area contributed by atoms with Crippen molar-refractivity contribution in [3.63, 3.8) is 0 Å². The van der Waals surface area contributed by atoms with E-state index in [9.17, 15) is 19.2 Å². The lowest BCUT2D eigenvalue weighted by Crippen LogP contribution is -2.55. The second-order valence-electron chi connectivity index (χ2n) is 13.5. The molecule has 2 amide bonds. The smallest absolute Gasteiger partial charge is 0.408 e. The van der Waals surface area contributed by atoms with Crippen LogP contribution in [0.5, 0.6) is 5.75 Å². The quantitative estimate of drug-likeness (QED) is 0.312. The second kappa shape index (κ2) is 13.7. The summed E-state index contributed by atoms with van der Waals surface area (Å²) in [5.74, 6) is 0.987. The van der Waals surface area contributed by atoms with Gasteiger partial charge in [0.15, 0.2) is 5.78 Å². The van der Waals surface area contributed by atoms with Gasteiger partial charge in [-0.1, -0.05) is 39.0 Å². The molecule has 1 saturated heterocycles. The summed E-state index contributed by atoms with van der Waals surface area (Å²) in [6, 6.07) is 4.37. The van der Waals surface area contributed by atoms with Crippen molar-refractivity contribution in [3.05, 3.63) is 34.2 Å². The summed E-state index contributed by atoms with van der Waals surface area (Å²) in [5.41, 5.74) is 1.24. The molecule has 1 aromatic carbocycles. The van der Waals surface area contributed by atoms with Crippen LogP contribution in [0.3, 0.4) is 0 Å². The summed E-state index contributed by atoms with van der Waals surface area (Å²) < 4.78 is 11.2. The number of ketones is 1. The summed E-state index contributed by atoms with van der Waals surface area (Å²) in [6.07, 6.45) is 10.4. The molecule has 2 aromatic rings. The molecule has 5 atom stereocenters. The first kappa shape index (κ1) is 32.0. The molecule has 2 unspecified atom stereocenters. The molecule has 10 nitrogen and oxygen atoms in total. The van der Waals surface area contributed by atoms with E-state index in [-0.39, 0.29) is 35.0 Å². The number of unbranched alkanes of at least 4 members (excludes halogenated alkanes) is 2. The van der Waals surface area contributed by atoms with Gasteiger partial charge in [-0.15, -0.1) is 0 Å². The molecule has 3 fully saturated rings. The van der Waals surface area contributed by atoms with Crippen molar-refractivity contribution in [1.82, 2.24) is 20.2 Å². The number of nitrogens with zero attached hydrogens (tertiary/aromatic N) is 2. The van der Waals surface area contributed by atoms with Gasteiger partial charge in [0.1, 0.15) is 23.1 Å². The minimum absolute atomic E-state index is 0.00280. The number of aromatic amines is 1. The first-order chi connectivity index (χ1) is 21.1. The lowest BCUT2D eigenvalue weighted by molar-refractivity contribution is -0.140. The van der Waals surface area contributed by atoms with Crippen molar-refractivity contribution >= 4 is 28.8 Å². The molecule has 0 spiro atoms. The molecule has 44 heavy (non-hydrogen) atoms. The molecule has 3 aliphatic rings. The number of H-pyrrole nitrogens is 1. The number of hydrogen-bond donors (Lipinski definition) is 2. The lowest BCUT2D eigenvalue weighted by Gasteiger charge is -2.35. The summed E-state index contributed by atoms with van der Waals surface area (Å²) in [6.45, 7) is 6.08. The number of aromatic nitrogens is 2. The molecular formula is C34H48N4O6. The van der Waals surface area contributed by atoms with Gasteiger partial charge in [0.2, 0.25) is 5.91 Å². The molecular weight excluding hydrogens is 560 g/mol. The number of rotatable bonds is 12. The topological polar surface area (TPSA) is 131 Å². The fraction of sp³-hybridized carbons (Fsp3) is 0.676. The standard InChI is InChI=1S/C34H48N4O6/c1-21-17-18-38(30(21)22(2)39)32(41)29(23-11-7-5-8-12-23)37-33(42)44-34(3)20-24(34)13-9-6-10-14-27-31(40)36-28-19-25(43-4)15-16-26(28)35-27/h15-16,19,21,23-24,29-30H,5-14,17-18,20H2,1-4H3,(H,36,40)(H,37,42)/t21-,24-,29?,30+,34?/m1/s1. The fourth-order valence-electron chi connectivity index (χ4n) is 7.43. The number of hydrogen-bond acceptors (Lipinski definition) is 7. The maximum atomic E-state index is 13.8. The third-order valence-corrected chi connectivity index (χ3v) is 10.2. The second-order valence-corrected chi connectivity index (χ2v) is 13.5. The number of alkyl carbamates (subject to hydrolysis) is 1. The Morgan fingerprint density at radius 1 is 1.14 bits per heavy atom. The van der Waals surface area contributed by atoms with Crippen LogP contribution in [0.25, 0.3) is 11.0 Å². The Bertz CT molecular complexity index is 1420. The number of aryl methyl sites for hydroxylation is 1. The van der Waals surface area contributed by atoms with Crippen LogP contribution in [0.1, 0.15) is 97.1 Å². The molecule has 240 valence electrons. The summed E-state index contributed by atoms with van der Waals surface area (Å²) in [4.78, 5) is 61.0. The van der Waals surface area contributed by atoms with E-state index < -0.39 is 23.8 Å². The molecule has 2 N–H and O–H groups in total. The number of amides is 2. The predicted octanol–water partition coefficient (Wildman–Crippen LogP) is 5.31. The third-order valence-electron chi connectivity index (χ3n) is 10.2. The Hall–Kier alpha value is -3.43. The number of ether oxygens (including phenoxy) is 2. The van der Waals surface area contributed by atoms with Crippen molar-refractivity contribution in [3.8, 4) is 5.75 Å². The lowest BCUT2D eigenvalue weighted by atomic mass is 9.83. The van der Waals surface area contributed by atoms with Crippen LogP contribution in [-0.4, -0.2) is 64.0 Å². The number of Topliss-reactive ketones (excluding diaryl/α,β-unsaturated/α-hetero) is 1. The third kappa shape index (κ3) is 7.26. The summed E-state index contributed by atoms with van der Waals surface area (Å²) >= 11 is 0. The number of nitrogens with one attached hydrogen (secondary N) is 2. The van der Waals surface area contributed by atoms with Crippen molar-refractivity contribution < 1.29 is 23.9 Å². The van der Waals surface area contributed by atoms with Crippen LogP contribution >= 0.6 is 0 Å². The van der Waals surface area contributed by atoms with Gasteiger partial charge < -0.3 is 24.7 Å². The van der Waals surface area contributed by atoms with Crippen molar-refractivity contribution in [2.75, 3.05) is 13.7 Å². The van der Waals surface area contributed by atoms with Crippen LogP contribution in [0, 0.1) is 17.8 Å². The van der Waals surface area contributed by atoms with Crippen molar-refractivity contribution in [2.24, 2.45) is 17.8 Å². The number of benzene rings is 1. The van der Waals surface area contributed by atoms with E-state index in [1.807, 2.05) is 26.0 Å². The number of fused-ring (bicyclic) bond motifs is 1. The van der Waals surface area contributed by atoms with E-state index in [1.165, 1.54) is 0 Å². The molecule has 10 heteroatoms. The highest BCUT2D eigenvalue weighted by Gasteiger charge is 2.53. The number of carbonyl (C=O) groups is 3. The highest BCUT2D eigenvalue weighted by molar-refractivity contribution is 5.92. The molecule has 1 aromatic heterocycles. The average molecular weight is 609 g/mol. The fourth-order valence-corrected chi connectivity index (χ4v) is 7.43. The first-order valence-corrected chi connectivity index (χ1v) is 16.5. The van der Waals surface area contributed by atoms with E-state index in [2.05, 4.69) is 15.3 Å². The van der Waals surface area contributed by atoms with Crippen LogP contribution in [0.2, 0.25) is 0 Å². The molecule has 1 aliphatic heterocycles. The van der Waals surface area contributed by atoms with Gasteiger partial charge in [-0.2, -0.15) is 0 Å². The zero-order valence-corrected chi connectivity index (χ0v) is 26.7. The SMILES string of the molecule is COc1ccc2nc(CCCCC[C@@H]3CC3(C)OC(=O)NC(C(=O)N3CC[C@@H](C)[C@H]3C(C)=O)C3CCCCC3)c(=O)[nH]c2c1. The number of methoxy groups -OCH3 is 1. The maximum absolute atomic E-state index is 13.8. The monoisotopic (exact) mass is 608 g/mol. The molecule has 2 aliphatic carbocycles. The van der Waals surface area contributed by atoms with Crippen LogP contribution in [0.15, 0.2) is 23.0 Å². The van der Waals surface area contributed by atoms with E-state index in [1.54, 1.807) is 25.0 Å². The molecule has 2 saturated carbocycles. The van der Waals surface area contributed by atoms with Crippen LogP contribution in [0.4, 0.5) is 4.79 Å². The molecule has 0 bridgehead atoms. The van der Waals surface area contributed by atoms with Gasteiger partial charge in [0.05, 0.1) is 24.2 Å². The number of carbonyl (C=O) groups excluding carboxylic acids is 3. The van der Waals surface area contributed by atoms with Gasteiger partial charge in [-0.25, -0.2) is 9.78 Å². The van der Waals surface area contributed by atoms with E-state index in [0.717, 1.165) is 76.1 Å². The van der Waals surface area contributed by atoms with Gasteiger partial charge in [0, 0.05) is 18.5 Å². The first-order valence-electron chi connectivity index (χ1n) is 16.5. The summed E-state index contributed by atoms with van der Waals surface area (Å²) in [7, 11) is 1.59. The highest BCUT2D eigenvalue weighted by Crippen LogP contribution is 2.49. The van der Waals surface area contributed by atoms with Crippen molar-refractivity contribution in [1.29, 1.82) is 0 Å². The minimum Gasteiger partial charge on any atom is -0.497 e. The van der Waals surface area contributed by atoms with Crippen LogP contribution < -0.4 is 15.6 Å². The van der Waals surface area contributed by atoms with E-state index >= 15 is 0 Å². The average Bonchev–Trinajstić information content (AvgIpc) is 3.46. The maximum Gasteiger partial charge on any atom is 0.408 e. The van der Waals surface area contributed by atoms with Gasteiger partial charge >= 0.3 is 6.09 Å².